The van der Waals surface area contributed by atoms with Crippen molar-refractivity contribution in [1.82, 2.24) is 4.31 Å². The largest absolute Gasteiger partial charge is 0.495 e. The number of rotatable bonds is 5. The molecular formula is C19H24ClN3O4S. The minimum Gasteiger partial charge on any atom is -0.495 e. The first-order valence-electron chi connectivity index (χ1n) is 8.75. The smallest absolute Gasteiger partial charge is 0.243 e. The predicted molar refractivity (Wildman–Crippen MR) is 111 cm³/mol. The van der Waals surface area contributed by atoms with Crippen LogP contribution in [0.3, 0.4) is 0 Å². The third-order valence-corrected chi connectivity index (χ3v) is 6.53. The Kier molecular flexibility index (Phi) is 7.29. The van der Waals surface area contributed by atoms with Gasteiger partial charge in [-0.15, -0.1) is 12.4 Å². The lowest BCUT2D eigenvalue weighted by Gasteiger charge is -2.33. The molecule has 1 amide bonds. The van der Waals surface area contributed by atoms with E-state index in [9.17, 15) is 13.2 Å². The van der Waals surface area contributed by atoms with Gasteiger partial charge in [0.2, 0.25) is 15.9 Å². The quantitative estimate of drug-likeness (QED) is 0.717. The fourth-order valence-electron chi connectivity index (χ4n) is 3.22. The normalized spacial score (nSPS) is 17.4. The Morgan fingerprint density at radius 1 is 1.18 bits per heavy atom. The highest BCUT2D eigenvalue weighted by Crippen LogP contribution is 2.28. The molecule has 28 heavy (non-hydrogen) atoms. The number of anilines is 2. The number of carbonyl (C=O) groups excluding carboxylic acids is 1. The second-order valence-electron chi connectivity index (χ2n) is 6.39. The van der Waals surface area contributed by atoms with Gasteiger partial charge in [0.1, 0.15) is 11.8 Å². The molecule has 7 nitrogen and oxygen atoms in total. The highest BCUT2D eigenvalue weighted by Gasteiger charge is 2.37. The Morgan fingerprint density at radius 3 is 2.54 bits per heavy atom. The van der Waals surface area contributed by atoms with Crippen molar-refractivity contribution >= 4 is 39.7 Å². The number of hydrogen-bond donors (Lipinski definition) is 2. The van der Waals surface area contributed by atoms with Crippen LogP contribution in [0.2, 0.25) is 0 Å². The number of benzene rings is 2. The summed E-state index contributed by atoms with van der Waals surface area (Å²) in [6.07, 6.45) is 2.00. The van der Waals surface area contributed by atoms with Crippen LogP contribution < -0.4 is 15.8 Å². The average molecular weight is 426 g/mol. The van der Waals surface area contributed by atoms with Crippen LogP contribution in [0.4, 0.5) is 11.4 Å². The van der Waals surface area contributed by atoms with Crippen molar-refractivity contribution in [1.29, 1.82) is 0 Å². The van der Waals surface area contributed by atoms with Gasteiger partial charge >= 0.3 is 0 Å². The van der Waals surface area contributed by atoms with E-state index in [0.717, 1.165) is 12.8 Å². The van der Waals surface area contributed by atoms with Gasteiger partial charge in [-0.1, -0.05) is 24.6 Å². The molecule has 0 radical (unpaired) electrons. The molecule has 1 heterocycles. The summed E-state index contributed by atoms with van der Waals surface area (Å²) in [6.45, 7) is 0.320. The highest BCUT2D eigenvalue weighted by molar-refractivity contribution is 7.89. The predicted octanol–water partition coefficient (Wildman–Crippen LogP) is 2.88. The fourth-order valence-corrected chi connectivity index (χ4v) is 4.90. The van der Waals surface area contributed by atoms with E-state index >= 15 is 0 Å². The number of nitrogens with zero attached hydrogens (tertiary/aromatic N) is 1. The van der Waals surface area contributed by atoms with Crippen LogP contribution in [0.25, 0.3) is 0 Å². The number of nitrogens with one attached hydrogen (secondary N) is 1. The Hall–Kier alpha value is -2.29. The van der Waals surface area contributed by atoms with E-state index in [0.29, 0.717) is 30.1 Å². The summed E-state index contributed by atoms with van der Waals surface area (Å²) in [6, 6.07) is 12.4. The van der Waals surface area contributed by atoms with Crippen molar-refractivity contribution in [2.24, 2.45) is 0 Å². The number of hydrogen-bond acceptors (Lipinski definition) is 5. The molecule has 3 rings (SSSR count). The molecule has 2 aromatic rings. The van der Waals surface area contributed by atoms with E-state index in [1.165, 1.54) is 11.4 Å². The van der Waals surface area contributed by atoms with Crippen LogP contribution in [0, 0.1) is 0 Å². The molecule has 2 aromatic carbocycles. The number of amides is 1. The number of sulfonamides is 1. The van der Waals surface area contributed by atoms with Crippen molar-refractivity contribution in [2.75, 3.05) is 24.7 Å². The zero-order valence-electron chi connectivity index (χ0n) is 15.5. The third kappa shape index (κ3) is 4.57. The molecule has 0 aliphatic carbocycles. The summed E-state index contributed by atoms with van der Waals surface area (Å²) in [5.41, 5.74) is 6.77. The second-order valence-corrected chi connectivity index (χ2v) is 8.28. The maximum absolute atomic E-state index is 13.0. The van der Waals surface area contributed by atoms with Gasteiger partial charge < -0.3 is 15.8 Å². The van der Waals surface area contributed by atoms with E-state index in [1.807, 2.05) is 0 Å². The first kappa shape index (κ1) is 22.0. The van der Waals surface area contributed by atoms with Gasteiger partial charge in [0.25, 0.3) is 0 Å². The van der Waals surface area contributed by atoms with Gasteiger partial charge in [-0.2, -0.15) is 4.31 Å². The summed E-state index contributed by atoms with van der Waals surface area (Å²) in [5.74, 6) is 0.151. The number of piperidine rings is 1. The van der Waals surface area contributed by atoms with Crippen LogP contribution in [-0.2, 0) is 14.8 Å². The molecule has 1 fully saturated rings. The van der Waals surface area contributed by atoms with E-state index in [4.69, 9.17) is 10.5 Å². The molecule has 0 bridgehead atoms. The zero-order valence-corrected chi connectivity index (χ0v) is 17.1. The summed E-state index contributed by atoms with van der Waals surface area (Å²) < 4.78 is 32.4. The average Bonchev–Trinajstić information content (AvgIpc) is 2.69. The zero-order chi connectivity index (χ0) is 19.4. The molecule has 0 aromatic heterocycles. The Morgan fingerprint density at radius 2 is 1.89 bits per heavy atom. The van der Waals surface area contributed by atoms with Crippen molar-refractivity contribution in [3.8, 4) is 5.75 Å². The number of nitrogens with two attached hydrogens (primary N) is 1. The number of carbonyl (C=O) groups is 1. The molecule has 1 saturated heterocycles. The van der Waals surface area contributed by atoms with E-state index in [-0.39, 0.29) is 23.2 Å². The lowest BCUT2D eigenvalue weighted by molar-refractivity contribution is -0.120. The highest BCUT2D eigenvalue weighted by atomic mass is 35.5. The van der Waals surface area contributed by atoms with Gasteiger partial charge in [0, 0.05) is 12.2 Å². The van der Waals surface area contributed by atoms with Gasteiger partial charge in [0.15, 0.2) is 0 Å². The van der Waals surface area contributed by atoms with E-state index in [2.05, 4.69) is 5.32 Å². The molecule has 1 atom stereocenters. The minimum absolute atomic E-state index is 0. The Balaban J connectivity index is 0.00000280. The minimum atomic E-state index is -3.74. The summed E-state index contributed by atoms with van der Waals surface area (Å²) >= 11 is 0. The van der Waals surface area contributed by atoms with Crippen molar-refractivity contribution in [2.45, 2.75) is 30.2 Å². The Labute approximate surface area is 171 Å². The monoisotopic (exact) mass is 425 g/mol. The summed E-state index contributed by atoms with van der Waals surface area (Å²) in [4.78, 5) is 13.0. The molecule has 3 N–H and O–H groups in total. The third-order valence-electron chi connectivity index (χ3n) is 4.60. The molecular weight excluding hydrogens is 402 g/mol. The first-order valence-corrected chi connectivity index (χ1v) is 10.2. The molecule has 1 aliphatic heterocycles. The maximum atomic E-state index is 13.0. The molecule has 0 spiro atoms. The van der Waals surface area contributed by atoms with Crippen LogP contribution in [0.1, 0.15) is 19.3 Å². The molecule has 152 valence electrons. The van der Waals surface area contributed by atoms with Crippen LogP contribution in [0.15, 0.2) is 53.4 Å². The molecule has 1 aliphatic rings. The topological polar surface area (TPSA) is 102 Å². The molecule has 9 heteroatoms. The van der Waals surface area contributed by atoms with Crippen LogP contribution in [-0.4, -0.2) is 38.3 Å². The van der Waals surface area contributed by atoms with E-state index < -0.39 is 16.1 Å². The van der Waals surface area contributed by atoms with Crippen molar-refractivity contribution in [3.63, 3.8) is 0 Å². The first-order chi connectivity index (χ1) is 12.9. The number of nitrogen functional groups attached to an aromatic ring is 1. The van der Waals surface area contributed by atoms with Gasteiger partial charge in [-0.25, -0.2) is 8.42 Å². The fraction of sp³-hybridized carbons (Fsp3) is 0.316. The number of methoxy groups -OCH3 is 1. The number of halogens is 1. The van der Waals surface area contributed by atoms with Crippen LogP contribution >= 0.6 is 12.4 Å². The van der Waals surface area contributed by atoms with Crippen molar-refractivity contribution < 1.29 is 17.9 Å². The van der Waals surface area contributed by atoms with Gasteiger partial charge in [0.05, 0.1) is 17.7 Å². The van der Waals surface area contributed by atoms with E-state index in [1.54, 1.807) is 48.5 Å². The SMILES string of the molecule is COc1ccc(NC(=O)C2CCCCN2S(=O)(=O)c2ccccc2)cc1N.Cl. The molecule has 0 saturated carbocycles. The number of ether oxygens (including phenoxy) is 1. The van der Waals surface area contributed by atoms with Crippen LogP contribution in [0.5, 0.6) is 5.75 Å². The second kappa shape index (κ2) is 9.27. The Bertz CT molecular complexity index is 922. The lowest BCUT2D eigenvalue weighted by atomic mass is 10.0. The molecule has 1 unspecified atom stereocenters. The maximum Gasteiger partial charge on any atom is 0.243 e. The summed E-state index contributed by atoms with van der Waals surface area (Å²) in [5, 5.41) is 2.78. The lowest BCUT2D eigenvalue weighted by Crippen LogP contribution is -2.49. The van der Waals surface area contributed by atoms with Gasteiger partial charge in [-0.05, 0) is 43.2 Å². The van der Waals surface area contributed by atoms with Crippen molar-refractivity contribution in [3.05, 3.63) is 48.5 Å². The van der Waals surface area contributed by atoms with Gasteiger partial charge in [-0.3, -0.25) is 4.79 Å². The summed E-state index contributed by atoms with van der Waals surface area (Å²) in [7, 11) is -2.23. The standard InChI is InChI=1S/C19H23N3O4S.ClH/c1-26-18-11-10-14(13-16(18)20)21-19(23)17-9-5-6-12-22(17)27(24,25)15-7-3-2-4-8-15;/h2-4,7-8,10-11,13,17H,5-6,9,12,20H2,1H3,(H,21,23);1H.